The molecule has 0 aromatic carbocycles. The summed E-state index contributed by atoms with van der Waals surface area (Å²) in [5.74, 6) is -0.949. The Kier molecular flexibility index (Phi) is 3.57. The van der Waals surface area contributed by atoms with Crippen molar-refractivity contribution in [3.05, 3.63) is 40.2 Å². The van der Waals surface area contributed by atoms with E-state index in [0.29, 0.717) is 10.7 Å². The normalized spacial score (nSPS) is 10.2. The predicted octanol–water partition coefficient (Wildman–Crippen LogP) is 1.51. The number of aromatic nitrogens is 2. The first kappa shape index (κ1) is 13.2. The summed E-state index contributed by atoms with van der Waals surface area (Å²) in [5.41, 5.74) is 6.43. The summed E-state index contributed by atoms with van der Waals surface area (Å²) in [6.45, 7) is 3.82. The van der Waals surface area contributed by atoms with Gasteiger partial charge in [-0.3, -0.25) is 19.9 Å². The summed E-state index contributed by atoms with van der Waals surface area (Å²) in [5, 5.41) is 3.22. The third-order valence-corrected chi connectivity index (χ3v) is 3.52. The minimum Gasteiger partial charge on any atom is -0.364 e. The van der Waals surface area contributed by atoms with E-state index >= 15 is 0 Å². The number of hydrogen-bond donors (Lipinski definition) is 2. The highest BCUT2D eigenvalue weighted by molar-refractivity contribution is 7.15. The maximum absolute atomic E-state index is 11.9. The molecule has 2 aromatic rings. The molecule has 2 aromatic heterocycles. The molecule has 0 unspecified atom stereocenters. The zero-order valence-electron chi connectivity index (χ0n) is 10.4. The first-order chi connectivity index (χ1) is 8.97. The van der Waals surface area contributed by atoms with Crippen LogP contribution in [0.4, 0.5) is 5.13 Å². The average molecular weight is 276 g/mol. The second kappa shape index (κ2) is 5.15. The van der Waals surface area contributed by atoms with Crippen LogP contribution in [0.25, 0.3) is 0 Å². The summed E-state index contributed by atoms with van der Waals surface area (Å²) in [6.07, 6.45) is 1.31. The molecule has 19 heavy (non-hydrogen) atoms. The number of rotatable bonds is 3. The van der Waals surface area contributed by atoms with Crippen LogP contribution in [-0.2, 0) is 0 Å². The summed E-state index contributed by atoms with van der Waals surface area (Å²) in [7, 11) is 0. The Morgan fingerprint density at radius 3 is 2.53 bits per heavy atom. The summed E-state index contributed by atoms with van der Waals surface area (Å²) >= 11 is 1.41. The molecule has 2 rings (SSSR count). The highest BCUT2D eigenvalue weighted by Gasteiger charge is 2.11. The number of hydrogen-bond acceptors (Lipinski definition) is 5. The fourth-order valence-electron chi connectivity index (χ4n) is 1.37. The van der Waals surface area contributed by atoms with E-state index in [4.69, 9.17) is 5.73 Å². The van der Waals surface area contributed by atoms with Crippen LogP contribution in [0.5, 0.6) is 0 Å². The topological polar surface area (TPSA) is 98.0 Å². The first-order valence-electron chi connectivity index (χ1n) is 5.48. The van der Waals surface area contributed by atoms with E-state index in [1.807, 2.05) is 13.8 Å². The van der Waals surface area contributed by atoms with Crippen LogP contribution >= 0.6 is 11.3 Å². The van der Waals surface area contributed by atoms with Gasteiger partial charge >= 0.3 is 0 Å². The minimum atomic E-state index is -0.627. The van der Waals surface area contributed by atoms with Crippen molar-refractivity contribution < 1.29 is 9.59 Å². The fraction of sp³-hybridized carbons (Fsp3) is 0.167. The minimum absolute atomic E-state index is 0.123. The SMILES string of the molecule is Cc1nc(NC(=O)c2ccc(C(N)=O)nc2)sc1C. The lowest BCUT2D eigenvalue weighted by Crippen LogP contribution is -2.15. The lowest BCUT2D eigenvalue weighted by Gasteiger charge is -2.01. The van der Waals surface area contributed by atoms with Gasteiger partial charge in [-0.25, -0.2) is 4.98 Å². The molecular weight excluding hydrogens is 264 g/mol. The number of nitrogens with two attached hydrogens (primary N) is 1. The Balaban J connectivity index is 2.13. The number of carbonyl (C=O) groups excluding carboxylic acids is 2. The molecule has 6 nitrogen and oxygen atoms in total. The van der Waals surface area contributed by atoms with Crippen LogP contribution in [-0.4, -0.2) is 21.8 Å². The van der Waals surface area contributed by atoms with Gasteiger partial charge in [-0.1, -0.05) is 0 Å². The van der Waals surface area contributed by atoms with E-state index in [-0.39, 0.29) is 11.6 Å². The Labute approximate surface area is 113 Å². The lowest BCUT2D eigenvalue weighted by molar-refractivity contribution is 0.0990. The van der Waals surface area contributed by atoms with Gasteiger partial charge in [0.25, 0.3) is 11.8 Å². The Bertz CT molecular complexity index is 614. The second-order valence-electron chi connectivity index (χ2n) is 3.91. The van der Waals surface area contributed by atoms with Crippen molar-refractivity contribution >= 4 is 28.3 Å². The number of nitrogens with one attached hydrogen (secondary N) is 1. The van der Waals surface area contributed by atoms with Gasteiger partial charge in [-0.2, -0.15) is 0 Å². The average Bonchev–Trinajstić information content (AvgIpc) is 2.68. The van der Waals surface area contributed by atoms with Crippen molar-refractivity contribution in [1.29, 1.82) is 0 Å². The van der Waals surface area contributed by atoms with Crippen molar-refractivity contribution in [2.45, 2.75) is 13.8 Å². The predicted molar refractivity (Wildman–Crippen MR) is 72.3 cm³/mol. The molecule has 2 amide bonds. The number of nitrogens with zero attached hydrogens (tertiary/aromatic N) is 2. The molecule has 0 radical (unpaired) electrons. The van der Waals surface area contributed by atoms with Crippen LogP contribution in [0.15, 0.2) is 18.3 Å². The Hall–Kier alpha value is -2.28. The van der Waals surface area contributed by atoms with E-state index < -0.39 is 5.91 Å². The molecule has 0 aliphatic carbocycles. The molecule has 0 bridgehead atoms. The van der Waals surface area contributed by atoms with Gasteiger partial charge < -0.3 is 5.73 Å². The van der Waals surface area contributed by atoms with E-state index in [1.165, 1.54) is 29.7 Å². The van der Waals surface area contributed by atoms with Gasteiger partial charge in [0.15, 0.2) is 5.13 Å². The van der Waals surface area contributed by atoms with Crippen LogP contribution < -0.4 is 11.1 Å². The van der Waals surface area contributed by atoms with E-state index in [1.54, 1.807) is 0 Å². The summed E-state index contributed by atoms with van der Waals surface area (Å²) in [4.78, 5) is 31.9. The maximum Gasteiger partial charge on any atom is 0.267 e. The van der Waals surface area contributed by atoms with Crippen molar-refractivity contribution in [1.82, 2.24) is 9.97 Å². The Morgan fingerprint density at radius 2 is 2.05 bits per heavy atom. The number of anilines is 1. The van der Waals surface area contributed by atoms with Crippen LogP contribution in [0.3, 0.4) is 0 Å². The fourth-order valence-corrected chi connectivity index (χ4v) is 2.18. The first-order valence-corrected chi connectivity index (χ1v) is 6.30. The summed E-state index contributed by atoms with van der Waals surface area (Å²) in [6, 6.07) is 2.91. The third-order valence-electron chi connectivity index (χ3n) is 2.53. The van der Waals surface area contributed by atoms with Gasteiger partial charge in [-0.15, -0.1) is 11.3 Å². The van der Waals surface area contributed by atoms with Gasteiger partial charge in [0.05, 0.1) is 11.3 Å². The molecule has 3 N–H and O–H groups in total. The molecular formula is C12H12N4O2S. The molecule has 0 aliphatic heterocycles. The lowest BCUT2D eigenvalue weighted by atomic mass is 10.2. The molecule has 0 saturated heterocycles. The molecule has 98 valence electrons. The van der Waals surface area contributed by atoms with Crippen molar-refractivity contribution in [2.24, 2.45) is 5.73 Å². The quantitative estimate of drug-likeness (QED) is 0.887. The monoisotopic (exact) mass is 276 g/mol. The summed E-state index contributed by atoms with van der Waals surface area (Å²) < 4.78 is 0. The van der Waals surface area contributed by atoms with Crippen molar-refractivity contribution in [2.75, 3.05) is 5.32 Å². The zero-order chi connectivity index (χ0) is 14.0. The van der Waals surface area contributed by atoms with E-state index in [9.17, 15) is 9.59 Å². The molecule has 0 fully saturated rings. The standard InChI is InChI=1S/C12H12N4O2S/c1-6-7(2)19-12(15-6)16-11(18)8-3-4-9(10(13)17)14-5-8/h3-5H,1-2H3,(H2,13,17)(H,15,16,18). The molecule has 0 atom stereocenters. The molecule has 0 saturated carbocycles. The maximum atomic E-state index is 11.9. The van der Waals surface area contributed by atoms with Crippen LogP contribution in [0.2, 0.25) is 0 Å². The van der Waals surface area contributed by atoms with Crippen molar-refractivity contribution in [3.8, 4) is 0 Å². The van der Waals surface area contributed by atoms with Gasteiger partial charge in [0, 0.05) is 11.1 Å². The van der Waals surface area contributed by atoms with Crippen LogP contribution in [0, 0.1) is 13.8 Å². The second-order valence-corrected chi connectivity index (χ2v) is 5.11. The van der Waals surface area contributed by atoms with Crippen molar-refractivity contribution in [3.63, 3.8) is 0 Å². The molecule has 7 heteroatoms. The van der Waals surface area contributed by atoms with Gasteiger partial charge in [0.1, 0.15) is 5.69 Å². The Morgan fingerprint density at radius 1 is 1.32 bits per heavy atom. The molecule has 2 heterocycles. The number of pyridine rings is 1. The van der Waals surface area contributed by atoms with Gasteiger partial charge in [0.2, 0.25) is 0 Å². The van der Waals surface area contributed by atoms with Crippen LogP contribution in [0.1, 0.15) is 31.4 Å². The largest absolute Gasteiger partial charge is 0.364 e. The highest BCUT2D eigenvalue weighted by Crippen LogP contribution is 2.21. The number of carbonyl (C=O) groups is 2. The number of aryl methyl sites for hydroxylation is 2. The highest BCUT2D eigenvalue weighted by atomic mass is 32.1. The van der Waals surface area contributed by atoms with E-state index in [2.05, 4.69) is 15.3 Å². The number of primary amides is 1. The third kappa shape index (κ3) is 2.94. The molecule has 0 spiro atoms. The smallest absolute Gasteiger partial charge is 0.267 e. The number of thiazole rings is 1. The number of amides is 2. The zero-order valence-corrected chi connectivity index (χ0v) is 11.2. The molecule has 0 aliphatic rings. The van der Waals surface area contributed by atoms with Gasteiger partial charge in [-0.05, 0) is 26.0 Å². The van der Waals surface area contributed by atoms with E-state index in [0.717, 1.165) is 10.6 Å².